The third-order valence-electron chi connectivity index (χ3n) is 4.28. The van der Waals surface area contributed by atoms with Crippen LogP contribution in [0.5, 0.6) is 0 Å². The van der Waals surface area contributed by atoms with Gasteiger partial charge in [-0.05, 0) is 43.9 Å². The van der Waals surface area contributed by atoms with Crippen LogP contribution in [-0.2, 0) is 0 Å². The number of nitrogens with two attached hydrogens (primary N) is 1. The molecular formula is C13H25N. The van der Waals surface area contributed by atoms with Crippen molar-refractivity contribution in [1.29, 1.82) is 0 Å². The molecule has 0 radical (unpaired) electrons. The highest BCUT2D eigenvalue weighted by Gasteiger charge is 2.22. The molecule has 0 aromatic rings. The van der Waals surface area contributed by atoms with E-state index in [0.29, 0.717) is 6.04 Å². The Balaban J connectivity index is 1.68. The first kappa shape index (κ1) is 10.5. The lowest BCUT2D eigenvalue weighted by Crippen LogP contribution is -2.27. The Morgan fingerprint density at radius 2 is 1.29 bits per heavy atom. The fraction of sp³-hybridized carbons (Fsp3) is 1.00. The summed E-state index contributed by atoms with van der Waals surface area (Å²) in [6.45, 7) is 0. The summed E-state index contributed by atoms with van der Waals surface area (Å²) in [5, 5.41) is 0. The van der Waals surface area contributed by atoms with Crippen LogP contribution < -0.4 is 5.73 Å². The Labute approximate surface area is 88.4 Å². The molecule has 2 fully saturated rings. The predicted molar refractivity (Wildman–Crippen MR) is 61.1 cm³/mol. The van der Waals surface area contributed by atoms with Crippen molar-refractivity contribution in [2.24, 2.45) is 17.6 Å². The van der Waals surface area contributed by atoms with E-state index in [4.69, 9.17) is 5.73 Å². The molecule has 0 amide bonds. The third kappa shape index (κ3) is 2.98. The summed E-state index contributed by atoms with van der Waals surface area (Å²) in [5.41, 5.74) is 5.93. The Kier molecular flexibility index (Phi) is 3.86. The van der Waals surface area contributed by atoms with Gasteiger partial charge in [0, 0.05) is 6.04 Å². The minimum Gasteiger partial charge on any atom is -0.328 e. The van der Waals surface area contributed by atoms with Crippen LogP contribution in [0.3, 0.4) is 0 Å². The average molecular weight is 195 g/mol. The minimum absolute atomic E-state index is 0.526. The van der Waals surface area contributed by atoms with Gasteiger partial charge in [-0.1, -0.05) is 32.1 Å². The second-order valence-electron chi connectivity index (χ2n) is 5.52. The van der Waals surface area contributed by atoms with Crippen LogP contribution in [0, 0.1) is 11.8 Å². The number of hydrogen-bond donors (Lipinski definition) is 1. The van der Waals surface area contributed by atoms with Crippen molar-refractivity contribution < 1.29 is 0 Å². The molecule has 0 aromatic carbocycles. The van der Waals surface area contributed by atoms with Gasteiger partial charge in [0.2, 0.25) is 0 Å². The van der Waals surface area contributed by atoms with Crippen LogP contribution in [0.1, 0.15) is 64.2 Å². The molecule has 0 aromatic heterocycles. The molecule has 1 heteroatoms. The van der Waals surface area contributed by atoms with Crippen molar-refractivity contribution in [3.63, 3.8) is 0 Å². The van der Waals surface area contributed by atoms with Gasteiger partial charge >= 0.3 is 0 Å². The van der Waals surface area contributed by atoms with Gasteiger partial charge in [-0.15, -0.1) is 0 Å². The van der Waals surface area contributed by atoms with Crippen LogP contribution in [-0.4, -0.2) is 6.04 Å². The summed E-state index contributed by atoms with van der Waals surface area (Å²) < 4.78 is 0. The van der Waals surface area contributed by atoms with Gasteiger partial charge in [0.15, 0.2) is 0 Å². The summed E-state index contributed by atoms with van der Waals surface area (Å²) in [4.78, 5) is 0. The largest absolute Gasteiger partial charge is 0.328 e. The molecule has 2 aliphatic carbocycles. The molecule has 0 unspecified atom stereocenters. The first-order valence-electron chi connectivity index (χ1n) is 6.60. The molecule has 2 rings (SSSR count). The van der Waals surface area contributed by atoms with Crippen molar-refractivity contribution in [1.82, 2.24) is 0 Å². The number of hydrogen-bond acceptors (Lipinski definition) is 1. The van der Waals surface area contributed by atoms with E-state index >= 15 is 0 Å². The molecule has 0 saturated heterocycles. The smallest absolute Gasteiger partial charge is 0.00390 e. The summed E-state index contributed by atoms with van der Waals surface area (Å²) in [6, 6.07) is 0.526. The van der Waals surface area contributed by atoms with Crippen LogP contribution in [0.25, 0.3) is 0 Å². The highest BCUT2D eigenvalue weighted by atomic mass is 14.6. The van der Waals surface area contributed by atoms with Gasteiger partial charge in [0.25, 0.3) is 0 Å². The normalized spacial score (nSPS) is 35.8. The molecule has 82 valence electrons. The van der Waals surface area contributed by atoms with E-state index in [1.165, 1.54) is 64.2 Å². The molecule has 2 saturated carbocycles. The summed E-state index contributed by atoms with van der Waals surface area (Å²) in [7, 11) is 0. The van der Waals surface area contributed by atoms with E-state index in [1.807, 2.05) is 0 Å². The van der Waals surface area contributed by atoms with Gasteiger partial charge in [-0.2, -0.15) is 0 Å². The summed E-state index contributed by atoms with van der Waals surface area (Å²) >= 11 is 0. The maximum atomic E-state index is 5.93. The molecule has 0 heterocycles. The molecule has 2 aliphatic rings. The molecule has 0 bridgehead atoms. The fourth-order valence-electron chi connectivity index (χ4n) is 3.32. The van der Waals surface area contributed by atoms with Crippen molar-refractivity contribution in [3.05, 3.63) is 0 Å². The van der Waals surface area contributed by atoms with E-state index in [9.17, 15) is 0 Å². The van der Waals surface area contributed by atoms with Crippen LogP contribution in [0.15, 0.2) is 0 Å². The van der Waals surface area contributed by atoms with Crippen LogP contribution in [0.4, 0.5) is 0 Å². The van der Waals surface area contributed by atoms with E-state index < -0.39 is 0 Å². The number of rotatable bonds is 2. The van der Waals surface area contributed by atoms with Gasteiger partial charge in [0.1, 0.15) is 0 Å². The maximum absolute atomic E-state index is 5.93. The van der Waals surface area contributed by atoms with E-state index in [2.05, 4.69) is 0 Å². The molecular weight excluding hydrogens is 170 g/mol. The lowest BCUT2D eigenvalue weighted by molar-refractivity contribution is 0.234. The standard InChI is InChI=1S/C13H25N/c14-13-8-6-12(7-9-13)10-11-4-2-1-3-5-11/h11-13H,1-10,14H2. The summed E-state index contributed by atoms with van der Waals surface area (Å²) in [6.07, 6.45) is 14.4. The predicted octanol–water partition coefficient (Wildman–Crippen LogP) is 3.47. The van der Waals surface area contributed by atoms with E-state index in [1.54, 1.807) is 0 Å². The van der Waals surface area contributed by atoms with Gasteiger partial charge in [-0.25, -0.2) is 0 Å². The van der Waals surface area contributed by atoms with Gasteiger partial charge < -0.3 is 5.73 Å². The van der Waals surface area contributed by atoms with Gasteiger partial charge in [0.05, 0.1) is 0 Å². The maximum Gasteiger partial charge on any atom is 0.00390 e. The Hall–Kier alpha value is -0.0400. The average Bonchev–Trinajstić information content (AvgIpc) is 2.23. The van der Waals surface area contributed by atoms with Crippen molar-refractivity contribution in [2.75, 3.05) is 0 Å². The van der Waals surface area contributed by atoms with Crippen LogP contribution >= 0.6 is 0 Å². The minimum atomic E-state index is 0.526. The topological polar surface area (TPSA) is 26.0 Å². The van der Waals surface area contributed by atoms with Crippen molar-refractivity contribution in [3.8, 4) is 0 Å². The first-order chi connectivity index (χ1) is 6.84. The molecule has 14 heavy (non-hydrogen) atoms. The Morgan fingerprint density at radius 1 is 0.714 bits per heavy atom. The Morgan fingerprint density at radius 3 is 1.93 bits per heavy atom. The van der Waals surface area contributed by atoms with E-state index in [-0.39, 0.29) is 0 Å². The lowest BCUT2D eigenvalue weighted by Gasteiger charge is -2.30. The zero-order chi connectivity index (χ0) is 9.80. The molecule has 0 spiro atoms. The van der Waals surface area contributed by atoms with Gasteiger partial charge in [-0.3, -0.25) is 0 Å². The molecule has 0 atom stereocenters. The van der Waals surface area contributed by atoms with E-state index in [0.717, 1.165) is 11.8 Å². The highest BCUT2D eigenvalue weighted by molar-refractivity contribution is 4.77. The third-order valence-corrected chi connectivity index (χ3v) is 4.28. The zero-order valence-corrected chi connectivity index (χ0v) is 9.38. The van der Waals surface area contributed by atoms with Crippen LogP contribution in [0.2, 0.25) is 0 Å². The summed E-state index contributed by atoms with van der Waals surface area (Å²) in [5.74, 6) is 2.10. The second-order valence-corrected chi connectivity index (χ2v) is 5.52. The highest BCUT2D eigenvalue weighted by Crippen LogP contribution is 2.34. The zero-order valence-electron chi connectivity index (χ0n) is 9.38. The van der Waals surface area contributed by atoms with Crippen molar-refractivity contribution in [2.45, 2.75) is 70.3 Å². The second kappa shape index (κ2) is 5.16. The monoisotopic (exact) mass is 195 g/mol. The van der Waals surface area contributed by atoms with Crippen molar-refractivity contribution >= 4 is 0 Å². The quantitative estimate of drug-likeness (QED) is 0.717. The first-order valence-corrected chi connectivity index (χ1v) is 6.60. The Bertz CT molecular complexity index is 153. The molecule has 1 nitrogen and oxygen atoms in total. The lowest BCUT2D eigenvalue weighted by atomic mass is 9.77. The molecule has 2 N–H and O–H groups in total. The molecule has 0 aliphatic heterocycles. The SMILES string of the molecule is NC1CCC(CC2CCCCC2)CC1. The fourth-order valence-corrected chi connectivity index (χ4v) is 3.32.